The van der Waals surface area contributed by atoms with E-state index in [1.54, 1.807) is 12.1 Å². The molecular weight excluding hydrogens is 204 g/mol. The number of alkyl halides is 2. The Labute approximate surface area is 85.7 Å². The Morgan fingerprint density at radius 3 is 2.73 bits per heavy atom. The summed E-state index contributed by atoms with van der Waals surface area (Å²) in [5, 5.41) is 8.75. The molecule has 1 aromatic heterocycles. The van der Waals surface area contributed by atoms with E-state index in [1.165, 1.54) is 6.20 Å². The van der Waals surface area contributed by atoms with Crippen LogP contribution in [0.5, 0.6) is 5.88 Å². The van der Waals surface area contributed by atoms with E-state index >= 15 is 0 Å². The van der Waals surface area contributed by atoms with Gasteiger partial charge in [0, 0.05) is 18.7 Å². The monoisotopic (exact) mass is 215 g/mol. The largest absolute Gasteiger partial charge is 0.477 e. The highest BCUT2D eigenvalue weighted by Crippen LogP contribution is 2.48. The molecule has 0 radical (unpaired) electrons. The lowest BCUT2D eigenvalue weighted by atomic mass is 10.3. The summed E-state index contributed by atoms with van der Waals surface area (Å²) in [5.74, 6) is -2.91. The molecule has 0 amide bonds. The van der Waals surface area contributed by atoms with Crippen LogP contribution in [0.25, 0.3) is 0 Å². The summed E-state index contributed by atoms with van der Waals surface area (Å²) in [4.78, 5) is 3.87. The molecule has 0 unspecified atom stereocenters. The van der Waals surface area contributed by atoms with Gasteiger partial charge >= 0.3 is 0 Å². The Balaban J connectivity index is 1.84. The fraction of sp³-hybridized carbons (Fsp3) is 0.500. The molecule has 82 valence electrons. The van der Waals surface area contributed by atoms with E-state index in [2.05, 4.69) is 4.98 Å². The van der Waals surface area contributed by atoms with Crippen LogP contribution in [0.4, 0.5) is 8.78 Å². The second-order valence-electron chi connectivity index (χ2n) is 3.64. The van der Waals surface area contributed by atoms with Gasteiger partial charge in [-0.05, 0) is 11.6 Å². The summed E-state index contributed by atoms with van der Waals surface area (Å²) in [5.41, 5.74) is 0.666. The number of ether oxygens (including phenoxy) is 1. The van der Waals surface area contributed by atoms with Crippen LogP contribution in [0, 0.1) is 5.92 Å². The second kappa shape index (κ2) is 3.73. The van der Waals surface area contributed by atoms with Crippen LogP contribution in [-0.2, 0) is 6.61 Å². The number of aliphatic hydroxyl groups excluding tert-OH is 1. The number of hydrogen-bond acceptors (Lipinski definition) is 3. The minimum Gasteiger partial charge on any atom is -0.477 e. The number of nitrogens with zero attached hydrogens (tertiary/aromatic N) is 1. The number of halogens is 2. The van der Waals surface area contributed by atoms with Crippen LogP contribution >= 0.6 is 0 Å². The number of rotatable bonds is 4. The van der Waals surface area contributed by atoms with E-state index in [0.29, 0.717) is 11.4 Å². The van der Waals surface area contributed by atoms with E-state index in [9.17, 15) is 8.78 Å². The highest BCUT2D eigenvalue weighted by molar-refractivity contribution is 5.17. The van der Waals surface area contributed by atoms with Gasteiger partial charge < -0.3 is 9.84 Å². The predicted molar refractivity (Wildman–Crippen MR) is 48.7 cm³/mol. The Bertz CT molecular complexity index is 340. The van der Waals surface area contributed by atoms with Crippen molar-refractivity contribution in [2.45, 2.75) is 19.0 Å². The van der Waals surface area contributed by atoms with Crippen molar-refractivity contribution in [1.29, 1.82) is 0 Å². The Morgan fingerprint density at radius 1 is 1.53 bits per heavy atom. The number of pyridine rings is 1. The van der Waals surface area contributed by atoms with Crippen LogP contribution in [-0.4, -0.2) is 22.6 Å². The fourth-order valence-electron chi connectivity index (χ4n) is 1.23. The van der Waals surface area contributed by atoms with Crippen molar-refractivity contribution < 1.29 is 18.6 Å². The normalized spacial score (nSPS) is 22.5. The zero-order chi connectivity index (χ0) is 10.9. The van der Waals surface area contributed by atoms with E-state index in [0.717, 1.165) is 0 Å². The second-order valence-corrected chi connectivity index (χ2v) is 3.64. The number of aromatic nitrogens is 1. The standard InChI is InChI=1S/C10H11F2NO2/c11-10(12)3-8(10)6-15-9-2-1-7(5-14)4-13-9/h1-2,4,8,14H,3,5-6H2/t8-/m0/s1. The summed E-state index contributed by atoms with van der Waals surface area (Å²) in [7, 11) is 0. The topological polar surface area (TPSA) is 42.4 Å². The molecule has 1 aromatic rings. The van der Waals surface area contributed by atoms with Gasteiger partial charge in [-0.25, -0.2) is 13.8 Å². The van der Waals surface area contributed by atoms with Crippen molar-refractivity contribution in [3.05, 3.63) is 23.9 Å². The van der Waals surface area contributed by atoms with E-state index < -0.39 is 11.8 Å². The number of aliphatic hydroxyl groups is 1. The molecule has 1 saturated carbocycles. The molecule has 1 aliphatic carbocycles. The molecule has 1 fully saturated rings. The molecule has 0 bridgehead atoms. The highest BCUT2D eigenvalue weighted by atomic mass is 19.3. The van der Waals surface area contributed by atoms with Crippen molar-refractivity contribution in [3.8, 4) is 5.88 Å². The van der Waals surface area contributed by atoms with E-state index in [1.807, 2.05) is 0 Å². The first-order valence-electron chi connectivity index (χ1n) is 4.68. The third kappa shape index (κ3) is 2.41. The van der Waals surface area contributed by atoms with Gasteiger partial charge in [-0.2, -0.15) is 0 Å². The van der Waals surface area contributed by atoms with Gasteiger partial charge in [-0.1, -0.05) is 0 Å². The van der Waals surface area contributed by atoms with Gasteiger partial charge in [-0.3, -0.25) is 0 Å². The van der Waals surface area contributed by atoms with Crippen molar-refractivity contribution in [2.24, 2.45) is 5.92 Å². The molecule has 1 aliphatic rings. The lowest BCUT2D eigenvalue weighted by molar-refractivity contribution is 0.0849. The maximum Gasteiger partial charge on any atom is 0.255 e. The maximum absolute atomic E-state index is 12.5. The molecule has 0 spiro atoms. The molecule has 0 aliphatic heterocycles. The average Bonchev–Trinajstić information content (AvgIpc) is 2.84. The SMILES string of the molecule is OCc1ccc(OC[C@@H]2CC2(F)F)nc1. The maximum atomic E-state index is 12.5. The van der Waals surface area contributed by atoms with Gasteiger partial charge in [-0.15, -0.1) is 0 Å². The summed E-state index contributed by atoms with van der Waals surface area (Å²) >= 11 is 0. The van der Waals surface area contributed by atoms with Crippen molar-refractivity contribution in [3.63, 3.8) is 0 Å². The zero-order valence-corrected chi connectivity index (χ0v) is 7.99. The Morgan fingerprint density at radius 2 is 2.27 bits per heavy atom. The molecule has 3 nitrogen and oxygen atoms in total. The summed E-state index contributed by atoms with van der Waals surface area (Å²) in [6.45, 7) is -0.0908. The predicted octanol–water partition coefficient (Wildman–Crippen LogP) is 1.61. The summed E-state index contributed by atoms with van der Waals surface area (Å²) < 4.78 is 30.1. The van der Waals surface area contributed by atoms with Gasteiger partial charge in [0.2, 0.25) is 5.88 Å². The third-order valence-corrected chi connectivity index (χ3v) is 2.37. The average molecular weight is 215 g/mol. The zero-order valence-electron chi connectivity index (χ0n) is 7.99. The molecule has 2 rings (SSSR count). The van der Waals surface area contributed by atoms with Crippen molar-refractivity contribution in [2.75, 3.05) is 6.61 Å². The Hall–Kier alpha value is -1.23. The Kier molecular flexibility index (Phi) is 2.56. The lowest BCUT2D eigenvalue weighted by Crippen LogP contribution is -2.06. The number of hydrogen-bond donors (Lipinski definition) is 1. The van der Waals surface area contributed by atoms with Crippen molar-refractivity contribution >= 4 is 0 Å². The van der Waals surface area contributed by atoms with Crippen LogP contribution in [0.3, 0.4) is 0 Å². The molecule has 0 saturated heterocycles. The van der Waals surface area contributed by atoms with Crippen LogP contribution in [0.2, 0.25) is 0 Å². The molecule has 5 heteroatoms. The lowest BCUT2D eigenvalue weighted by Gasteiger charge is -2.04. The van der Waals surface area contributed by atoms with Crippen LogP contribution in [0.1, 0.15) is 12.0 Å². The minimum atomic E-state index is -2.55. The first-order chi connectivity index (χ1) is 7.12. The highest BCUT2D eigenvalue weighted by Gasteiger charge is 2.57. The first-order valence-corrected chi connectivity index (χ1v) is 4.68. The van der Waals surface area contributed by atoms with Gasteiger partial charge in [0.1, 0.15) is 0 Å². The van der Waals surface area contributed by atoms with Crippen LogP contribution in [0.15, 0.2) is 18.3 Å². The summed E-state index contributed by atoms with van der Waals surface area (Å²) in [6, 6.07) is 3.21. The molecule has 1 N–H and O–H groups in total. The van der Waals surface area contributed by atoms with Gasteiger partial charge in [0.15, 0.2) is 0 Å². The van der Waals surface area contributed by atoms with E-state index in [-0.39, 0.29) is 19.6 Å². The quantitative estimate of drug-likeness (QED) is 0.829. The van der Waals surface area contributed by atoms with Gasteiger partial charge in [0.25, 0.3) is 5.92 Å². The van der Waals surface area contributed by atoms with Crippen LogP contribution < -0.4 is 4.74 Å². The molecule has 1 heterocycles. The third-order valence-electron chi connectivity index (χ3n) is 2.37. The van der Waals surface area contributed by atoms with E-state index in [4.69, 9.17) is 9.84 Å². The molecule has 1 atom stereocenters. The molecule has 15 heavy (non-hydrogen) atoms. The fourth-order valence-corrected chi connectivity index (χ4v) is 1.23. The smallest absolute Gasteiger partial charge is 0.255 e. The summed E-state index contributed by atoms with van der Waals surface area (Å²) in [6.07, 6.45) is 1.36. The minimum absolute atomic E-state index is 0.00152. The first kappa shape index (κ1) is 10.3. The van der Waals surface area contributed by atoms with Gasteiger partial charge in [0.05, 0.1) is 19.1 Å². The van der Waals surface area contributed by atoms with Crippen molar-refractivity contribution in [1.82, 2.24) is 4.98 Å². The molecular formula is C10H11F2NO2. The molecule has 0 aromatic carbocycles.